The zero-order valence-corrected chi connectivity index (χ0v) is 20.1. The van der Waals surface area contributed by atoms with Crippen molar-refractivity contribution in [3.05, 3.63) is 71.7 Å². The number of piperazine rings is 1. The van der Waals surface area contributed by atoms with Gasteiger partial charge in [0.15, 0.2) is 0 Å². The Hall–Kier alpha value is -3.43. The van der Waals surface area contributed by atoms with Crippen molar-refractivity contribution >= 4 is 32.5 Å². The normalized spacial score (nSPS) is 19.1. The lowest BCUT2D eigenvalue weighted by molar-refractivity contribution is 0.0290. The minimum absolute atomic E-state index is 0.0650. The minimum atomic E-state index is -4.46. The standard InChI is InChI=1S/C25H26FN3O5S/c1-16-12-28(17(2)24(14-30)29(16)13-18-3-5-20(26)6-4-18)15-34-25-11-22(35(31,32)33)10-19-9-21(27)7-8-23(19)25/h3-11,16-17H,12-13,15,27H2,1-2H3,(H,31,32,33)/t16-,17+/m0/s1. The molecule has 0 saturated carbocycles. The molecule has 0 radical (unpaired) electrons. The number of halogens is 1. The van der Waals surface area contributed by atoms with Crippen molar-refractivity contribution < 1.29 is 26.9 Å². The van der Waals surface area contributed by atoms with Crippen molar-refractivity contribution in [3.63, 3.8) is 0 Å². The van der Waals surface area contributed by atoms with Gasteiger partial charge in [0.25, 0.3) is 10.1 Å². The molecule has 0 amide bonds. The average Bonchev–Trinajstić information content (AvgIpc) is 2.80. The first-order valence-corrected chi connectivity index (χ1v) is 12.4. The van der Waals surface area contributed by atoms with Crippen LogP contribution in [0.15, 0.2) is 65.2 Å². The average molecular weight is 500 g/mol. The van der Waals surface area contributed by atoms with Gasteiger partial charge in [0.1, 0.15) is 29.9 Å². The van der Waals surface area contributed by atoms with Crippen LogP contribution < -0.4 is 10.5 Å². The molecule has 0 aliphatic carbocycles. The van der Waals surface area contributed by atoms with Gasteiger partial charge in [-0.25, -0.2) is 9.18 Å². The molecule has 1 fully saturated rings. The molecule has 1 aliphatic heterocycles. The van der Waals surface area contributed by atoms with Gasteiger partial charge in [0.05, 0.1) is 10.9 Å². The Kier molecular flexibility index (Phi) is 6.82. The molecule has 3 N–H and O–H groups in total. The zero-order valence-electron chi connectivity index (χ0n) is 19.3. The molecule has 10 heteroatoms. The van der Waals surface area contributed by atoms with Crippen molar-refractivity contribution in [2.24, 2.45) is 0 Å². The molecule has 0 aromatic heterocycles. The molecule has 35 heavy (non-hydrogen) atoms. The summed E-state index contributed by atoms with van der Waals surface area (Å²) in [5.41, 5.74) is 7.60. The van der Waals surface area contributed by atoms with Crippen LogP contribution in [-0.2, 0) is 21.5 Å². The Morgan fingerprint density at radius 2 is 1.86 bits per heavy atom. The van der Waals surface area contributed by atoms with Gasteiger partial charge in [-0.15, -0.1) is 0 Å². The Labute approximate surface area is 203 Å². The van der Waals surface area contributed by atoms with E-state index in [1.807, 2.05) is 23.6 Å². The fraction of sp³-hybridized carbons (Fsp3) is 0.280. The van der Waals surface area contributed by atoms with Crippen LogP contribution in [0.4, 0.5) is 10.1 Å². The second-order valence-corrected chi connectivity index (χ2v) is 10.1. The molecule has 3 aromatic carbocycles. The van der Waals surface area contributed by atoms with Gasteiger partial charge in [-0.2, -0.15) is 8.42 Å². The summed E-state index contributed by atoms with van der Waals surface area (Å²) in [5.74, 6) is 2.00. The number of nitrogens with zero attached hydrogens (tertiary/aromatic N) is 2. The molecule has 2 atom stereocenters. The number of hydrogen-bond acceptors (Lipinski definition) is 7. The quantitative estimate of drug-likeness (QED) is 0.301. The summed E-state index contributed by atoms with van der Waals surface area (Å²) < 4.78 is 52.4. The van der Waals surface area contributed by atoms with Crippen LogP contribution in [0.25, 0.3) is 10.8 Å². The molecule has 1 aliphatic rings. The van der Waals surface area contributed by atoms with E-state index in [-0.39, 0.29) is 35.3 Å². The van der Waals surface area contributed by atoms with Gasteiger partial charge in [-0.3, -0.25) is 9.45 Å². The highest BCUT2D eigenvalue weighted by Gasteiger charge is 2.34. The van der Waals surface area contributed by atoms with Crippen molar-refractivity contribution in [1.29, 1.82) is 0 Å². The lowest BCUT2D eigenvalue weighted by atomic mass is 10.0. The zero-order chi connectivity index (χ0) is 25.3. The Bertz CT molecular complexity index is 1400. The molecule has 3 aromatic rings. The fourth-order valence-corrected chi connectivity index (χ4v) is 4.86. The monoisotopic (exact) mass is 499 g/mol. The van der Waals surface area contributed by atoms with E-state index in [1.54, 1.807) is 30.3 Å². The summed E-state index contributed by atoms with van der Waals surface area (Å²) in [5, 5.41) is 1.14. The molecule has 0 unspecified atom stereocenters. The number of anilines is 1. The molecule has 1 saturated heterocycles. The van der Waals surface area contributed by atoms with Crippen LogP contribution in [0.5, 0.6) is 5.75 Å². The van der Waals surface area contributed by atoms with Crippen LogP contribution in [0.2, 0.25) is 0 Å². The molecule has 0 bridgehead atoms. The summed E-state index contributed by atoms with van der Waals surface area (Å²) >= 11 is 0. The second kappa shape index (κ2) is 9.67. The van der Waals surface area contributed by atoms with Gasteiger partial charge in [-0.05, 0) is 61.2 Å². The lowest BCUT2D eigenvalue weighted by Gasteiger charge is -2.45. The van der Waals surface area contributed by atoms with Gasteiger partial charge in [0.2, 0.25) is 0 Å². The highest BCUT2D eigenvalue weighted by atomic mass is 32.2. The van der Waals surface area contributed by atoms with E-state index in [1.165, 1.54) is 24.3 Å². The van der Waals surface area contributed by atoms with Crippen LogP contribution in [-0.4, -0.2) is 54.1 Å². The number of hydrogen-bond donors (Lipinski definition) is 2. The van der Waals surface area contributed by atoms with Crippen LogP contribution in [0.3, 0.4) is 0 Å². The number of nitrogens with two attached hydrogens (primary N) is 1. The number of nitrogen functional groups attached to an aromatic ring is 1. The summed E-state index contributed by atoms with van der Waals surface area (Å²) in [6.07, 6.45) is 0. The third-order valence-electron chi connectivity index (χ3n) is 6.25. The third-order valence-corrected chi connectivity index (χ3v) is 7.08. The number of rotatable bonds is 6. The number of ether oxygens (including phenoxy) is 1. The van der Waals surface area contributed by atoms with Gasteiger partial charge >= 0.3 is 0 Å². The number of carbonyl (C=O) groups excluding carboxylic acids is 1. The molecule has 8 nitrogen and oxygen atoms in total. The topological polar surface area (TPSA) is 113 Å². The smallest absolute Gasteiger partial charge is 0.294 e. The van der Waals surface area contributed by atoms with Gasteiger partial charge in [0, 0.05) is 36.3 Å². The van der Waals surface area contributed by atoms with Crippen molar-refractivity contribution in [2.75, 3.05) is 19.0 Å². The molecular formula is C25H26FN3O5S. The molecule has 1 heterocycles. The minimum Gasteiger partial charge on any atom is -0.477 e. The van der Waals surface area contributed by atoms with Crippen molar-refractivity contribution in [1.82, 2.24) is 9.80 Å². The number of fused-ring (bicyclic) bond motifs is 1. The first kappa shape index (κ1) is 24.7. The Morgan fingerprint density at radius 3 is 2.51 bits per heavy atom. The highest BCUT2D eigenvalue weighted by Crippen LogP contribution is 2.32. The van der Waals surface area contributed by atoms with Crippen molar-refractivity contribution in [2.45, 2.75) is 37.4 Å². The first-order chi connectivity index (χ1) is 16.6. The summed E-state index contributed by atoms with van der Waals surface area (Å²) in [6, 6.07) is 13.3. The van der Waals surface area contributed by atoms with E-state index in [0.29, 0.717) is 35.2 Å². The van der Waals surface area contributed by atoms with Crippen molar-refractivity contribution in [3.8, 4) is 5.75 Å². The summed E-state index contributed by atoms with van der Waals surface area (Å²) in [4.78, 5) is 15.5. The maximum Gasteiger partial charge on any atom is 0.294 e. The Balaban J connectivity index is 1.57. The second-order valence-electron chi connectivity index (χ2n) is 8.69. The molecule has 4 rings (SSSR count). The first-order valence-electron chi connectivity index (χ1n) is 11.0. The van der Waals surface area contributed by atoms with E-state index in [9.17, 15) is 22.2 Å². The van der Waals surface area contributed by atoms with Crippen LogP contribution in [0.1, 0.15) is 19.4 Å². The predicted molar refractivity (Wildman–Crippen MR) is 130 cm³/mol. The van der Waals surface area contributed by atoms with E-state index < -0.39 is 10.1 Å². The molecular weight excluding hydrogens is 473 g/mol. The summed E-state index contributed by atoms with van der Waals surface area (Å²) in [7, 11) is -4.46. The van der Waals surface area contributed by atoms with E-state index in [4.69, 9.17) is 10.5 Å². The van der Waals surface area contributed by atoms with Gasteiger partial charge in [-0.1, -0.05) is 12.1 Å². The van der Waals surface area contributed by atoms with Gasteiger partial charge < -0.3 is 15.4 Å². The Morgan fingerprint density at radius 1 is 1.14 bits per heavy atom. The van der Waals surface area contributed by atoms with E-state index in [2.05, 4.69) is 5.94 Å². The van der Waals surface area contributed by atoms with E-state index in [0.717, 1.165) is 5.56 Å². The summed E-state index contributed by atoms with van der Waals surface area (Å²) in [6.45, 7) is 4.89. The maximum atomic E-state index is 13.3. The van der Waals surface area contributed by atoms with Crippen LogP contribution >= 0.6 is 0 Å². The molecule has 0 spiro atoms. The third kappa shape index (κ3) is 5.31. The number of benzene rings is 3. The fourth-order valence-electron chi connectivity index (χ4n) is 4.33. The molecule has 184 valence electrons. The SMILES string of the molecule is C[C@@H]1C(=C=O)N(Cc2ccc(F)cc2)[C@@H](C)CN1COc1cc(S(=O)(=O)O)cc2cc(N)ccc12. The van der Waals surface area contributed by atoms with Crippen LogP contribution in [0, 0.1) is 5.82 Å². The highest BCUT2D eigenvalue weighted by molar-refractivity contribution is 7.85. The predicted octanol–water partition coefficient (Wildman–Crippen LogP) is 3.45. The lowest BCUT2D eigenvalue weighted by Crippen LogP contribution is -2.55. The van der Waals surface area contributed by atoms with E-state index >= 15 is 0 Å². The maximum absolute atomic E-state index is 13.3. The largest absolute Gasteiger partial charge is 0.477 e.